The molecule has 0 radical (unpaired) electrons. The third kappa shape index (κ3) is 1.79. The Morgan fingerprint density at radius 1 is 1.40 bits per heavy atom. The summed E-state index contributed by atoms with van der Waals surface area (Å²) < 4.78 is 11.1. The molecule has 0 spiro atoms. The third-order valence-electron chi connectivity index (χ3n) is 2.98. The highest BCUT2D eigenvalue weighted by Gasteiger charge is 2.18. The maximum atomic E-state index is 5.84. The Kier molecular flexibility index (Phi) is 2.25. The summed E-state index contributed by atoms with van der Waals surface area (Å²) >= 11 is 0. The van der Waals surface area contributed by atoms with Gasteiger partial charge in [0.25, 0.3) is 0 Å². The zero-order chi connectivity index (χ0) is 10.1. The van der Waals surface area contributed by atoms with E-state index in [1.807, 2.05) is 0 Å². The first-order valence-electron chi connectivity index (χ1n) is 5.53. The fourth-order valence-corrected chi connectivity index (χ4v) is 2.14. The lowest BCUT2D eigenvalue weighted by Gasteiger charge is -2.12. The van der Waals surface area contributed by atoms with E-state index >= 15 is 0 Å². The first-order valence-corrected chi connectivity index (χ1v) is 5.53. The van der Waals surface area contributed by atoms with Gasteiger partial charge in [-0.05, 0) is 18.1 Å². The summed E-state index contributed by atoms with van der Waals surface area (Å²) in [6.45, 7) is 2.60. The summed E-state index contributed by atoms with van der Waals surface area (Å²) in [4.78, 5) is 0. The molecule has 1 aromatic rings. The van der Waals surface area contributed by atoms with E-state index in [4.69, 9.17) is 9.47 Å². The molecule has 80 valence electrons. The second-order valence-electron chi connectivity index (χ2n) is 4.10. The van der Waals surface area contributed by atoms with Gasteiger partial charge in [0.2, 0.25) is 0 Å². The fraction of sp³-hybridized carbons (Fsp3) is 0.500. The van der Waals surface area contributed by atoms with Gasteiger partial charge >= 0.3 is 0 Å². The number of benzene rings is 1. The van der Waals surface area contributed by atoms with Crippen molar-refractivity contribution in [2.75, 3.05) is 25.1 Å². The molecule has 2 aliphatic heterocycles. The van der Waals surface area contributed by atoms with Crippen molar-refractivity contribution in [3.05, 3.63) is 23.8 Å². The van der Waals surface area contributed by atoms with Crippen LogP contribution in [-0.2, 0) is 11.2 Å². The van der Waals surface area contributed by atoms with Crippen LogP contribution in [0.3, 0.4) is 0 Å². The van der Waals surface area contributed by atoms with Crippen LogP contribution in [0.1, 0.15) is 12.0 Å². The number of ether oxygens (including phenoxy) is 2. The molecule has 0 amide bonds. The topological polar surface area (TPSA) is 30.5 Å². The Hall–Kier alpha value is -1.22. The summed E-state index contributed by atoms with van der Waals surface area (Å²) in [5.74, 6) is 0.957. The van der Waals surface area contributed by atoms with Crippen LogP contribution in [0, 0.1) is 0 Å². The van der Waals surface area contributed by atoms with E-state index in [1.54, 1.807) is 0 Å². The average Bonchev–Trinajstić information content (AvgIpc) is 2.87. The van der Waals surface area contributed by atoms with Gasteiger partial charge in [-0.2, -0.15) is 0 Å². The zero-order valence-corrected chi connectivity index (χ0v) is 8.66. The van der Waals surface area contributed by atoms with Gasteiger partial charge in [0, 0.05) is 24.7 Å². The molecule has 0 unspecified atom stereocenters. The molecular formula is C12H15NO2. The number of nitrogens with one attached hydrogen (secondary N) is 1. The van der Waals surface area contributed by atoms with Gasteiger partial charge in [-0.1, -0.05) is 6.07 Å². The van der Waals surface area contributed by atoms with E-state index in [1.165, 1.54) is 11.3 Å². The van der Waals surface area contributed by atoms with Gasteiger partial charge in [0.05, 0.1) is 13.2 Å². The predicted octanol–water partition coefficient (Wildman–Crippen LogP) is 1.82. The average molecular weight is 205 g/mol. The highest BCUT2D eigenvalue weighted by Crippen LogP contribution is 2.28. The Bertz CT molecular complexity index is 359. The van der Waals surface area contributed by atoms with Crippen LogP contribution in [0.2, 0.25) is 0 Å². The molecule has 2 aliphatic rings. The van der Waals surface area contributed by atoms with Crippen molar-refractivity contribution in [3.8, 4) is 5.75 Å². The minimum atomic E-state index is 0.240. The number of hydrogen-bond acceptors (Lipinski definition) is 3. The largest absolute Gasteiger partial charge is 0.488 e. The molecule has 0 aliphatic carbocycles. The minimum absolute atomic E-state index is 0.240. The van der Waals surface area contributed by atoms with E-state index in [2.05, 4.69) is 23.5 Å². The Morgan fingerprint density at radius 2 is 2.40 bits per heavy atom. The molecule has 1 N–H and O–H groups in total. The summed E-state index contributed by atoms with van der Waals surface area (Å²) in [7, 11) is 0. The first kappa shape index (κ1) is 9.04. The van der Waals surface area contributed by atoms with Gasteiger partial charge in [0.1, 0.15) is 11.9 Å². The SMILES string of the molecule is c1cc2c(cc1O[C@@H]1CCOC1)NCC2. The Balaban J connectivity index is 1.75. The molecule has 1 saturated heterocycles. The maximum absolute atomic E-state index is 5.84. The molecule has 0 bridgehead atoms. The lowest BCUT2D eigenvalue weighted by atomic mass is 10.1. The van der Waals surface area contributed by atoms with Crippen molar-refractivity contribution in [2.45, 2.75) is 18.9 Å². The van der Waals surface area contributed by atoms with Crippen LogP contribution in [0.25, 0.3) is 0 Å². The van der Waals surface area contributed by atoms with Gasteiger partial charge in [-0.3, -0.25) is 0 Å². The smallest absolute Gasteiger partial charge is 0.124 e. The Labute approximate surface area is 89.4 Å². The van der Waals surface area contributed by atoms with Gasteiger partial charge in [-0.15, -0.1) is 0 Å². The summed E-state index contributed by atoms with van der Waals surface area (Å²) in [6, 6.07) is 6.31. The molecule has 2 heterocycles. The van der Waals surface area contributed by atoms with Crippen molar-refractivity contribution >= 4 is 5.69 Å². The quantitative estimate of drug-likeness (QED) is 0.799. The molecule has 0 aromatic heterocycles. The standard InChI is InChI=1S/C12H15NO2/c1-2-10(15-11-4-6-14-8-11)7-12-9(1)3-5-13-12/h1-2,7,11,13H,3-6,8H2/t11-/m1/s1. The predicted molar refractivity (Wildman–Crippen MR) is 58.5 cm³/mol. The molecule has 0 saturated carbocycles. The van der Waals surface area contributed by atoms with Crippen LogP contribution in [0.4, 0.5) is 5.69 Å². The molecule has 1 fully saturated rings. The van der Waals surface area contributed by atoms with Crippen LogP contribution in [0.15, 0.2) is 18.2 Å². The summed E-state index contributed by atoms with van der Waals surface area (Å²) in [5, 5.41) is 3.35. The molecule has 3 rings (SSSR count). The Morgan fingerprint density at radius 3 is 3.27 bits per heavy atom. The molecule has 1 aromatic carbocycles. The van der Waals surface area contributed by atoms with Gasteiger partial charge in [0.15, 0.2) is 0 Å². The molecule has 3 nitrogen and oxygen atoms in total. The maximum Gasteiger partial charge on any atom is 0.124 e. The number of fused-ring (bicyclic) bond motifs is 1. The van der Waals surface area contributed by atoms with Crippen molar-refractivity contribution in [2.24, 2.45) is 0 Å². The van der Waals surface area contributed by atoms with Gasteiger partial charge in [-0.25, -0.2) is 0 Å². The third-order valence-corrected chi connectivity index (χ3v) is 2.98. The summed E-state index contributed by atoms with van der Waals surface area (Å²) in [5.41, 5.74) is 2.62. The van der Waals surface area contributed by atoms with Crippen molar-refractivity contribution in [3.63, 3.8) is 0 Å². The van der Waals surface area contributed by atoms with Gasteiger partial charge < -0.3 is 14.8 Å². The van der Waals surface area contributed by atoms with Crippen molar-refractivity contribution < 1.29 is 9.47 Å². The minimum Gasteiger partial charge on any atom is -0.488 e. The van der Waals surface area contributed by atoms with E-state index in [0.717, 1.165) is 38.3 Å². The molecule has 15 heavy (non-hydrogen) atoms. The van der Waals surface area contributed by atoms with E-state index in [9.17, 15) is 0 Å². The fourth-order valence-electron chi connectivity index (χ4n) is 2.14. The van der Waals surface area contributed by atoms with Crippen LogP contribution >= 0.6 is 0 Å². The number of hydrogen-bond donors (Lipinski definition) is 1. The van der Waals surface area contributed by atoms with E-state index in [-0.39, 0.29) is 6.10 Å². The van der Waals surface area contributed by atoms with E-state index < -0.39 is 0 Å². The molecule has 3 heteroatoms. The van der Waals surface area contributed by atoms with Crippen molar-refractivity contribution in [1.82, 2.24) is 0 Å². The lowest BCUT2D eigenvalue weighted by molar-refractivity contribution is 0.141. The normalized spacial score (nSPS) is 23.6. The van der Waals surface area contributed by atoms with Crippen LogP contribution in [0.5, 0.6) is 5.75 Å². The van der Waals surface area contributed by atoms with Crippen molar-refractivity contribution in [1.29, 1.82) is 0 Å². The molecule has 1 atom stereocenters. The van der Waals surface area contributed by atoms with Crippen LogP contribution in [-0.4, -0.2) is 25.9 Å². The highest BCUT2D eigenvalue weighted by molar-refractivity contribution is 5.58. The van der Waals surface area contributed by atoms with Crippen LogP contribution < -0.4 is 10.1 Å². The monoisotopic (exact) mass is 205 g/mol. The zero-order valence-electron chi connectivity index (χ0n) is 8.66. The summed E-state index contributed by atoms with van der Waals surface area (Å²) in [6.07, 6.45) is 2.37. The first-order chi connectivity index (χ1) is 7.42. The van der Waals surface area contributed by atoms with E-state index in [0.29, 0.717) is 0 Å². The number of rotatable bonds is 2. The molecular weight excluding hydrogens is 190 g/mol. The highest BCUT2D eigenvalue weighted by atomic mass is 16.5. The number of anilines is 1. The second kappa shape index (κ2) is 3.74. The second-order valence-corrected chi connectivity index (χ2v) is 4.10. The lowest BCUT2D eigenvalue weighted by Crippen LogP contribution is -2.15.